The number of rotatable bonds is 9. The van der Waals surface area contributed by atoms with Gasteiger partial charge in [-0.15, -0.1) is 0 Å². The van der Waals surface area contributed by atoms with Gasteiger partial charge >= 0.3 is 5.97 Å². The number of allylic oxidation sites excluding steroid dienone is 1. The molecule has 184 valence electrons. The van der Waals surface area contributed by atoms with Gasteiger partial charge in [0.1, 0.15) is 23.5 Å². The molecule has 1 N–H and O–H groups in total. The topological polar surface area (TPSA) is 73.2 Å². The van der Waals surface area contributed by atoms with Gasteiger partial charge in [-0.2, -0.15) is 0 Å². The maximum atomic E-state index is 13.6. The lowest BCUT2D eigenvalue weighted by molar-refractivity contribution is -0.153. The van der Waals surface area contributed by atoms with E-state index in [1.165, 1.54) is 18.2 Å². The van der Waals surface area contributed by atoms with E-state index in [9.17, 15) is 14.0 Å². The number of nitrogens with one attached hydrogen (secondary N) is 1. The number of imidazole rings is 1. The number of hydrogen-bond donors (Lipinski definition) is 1. The molecule has 7 heteroatoms. The lowest BCUT2D eigenvalue weighted by Crippen LogP contribution is -2.31. The molecule has 0 bridgehead atoms. The maximum Gasteiger partial charge on any atom is 0.320 e. The van der Waals surface area contributed by atoms with E-state index < -0.39 is 5.60 Å². The molecule has 0 aliphatic rings. The minimum absolute atomic E-state index is 0.0931. The lowest BCUT2D eigenvalue weighted by Gasteiger charge is -2.19. The highest BCUT2D eigenvalue weighted by Gasteiger charge is 2.21. The van der Waals surface area contributed by atoms with Crippen LogP contribution in [0.1, 0.15) is 51.9 Å². The summed E-state index contributed by atoms with van der Waals surface area (Å²) in [5.41, 5.74) is 3.69. The van der Waals surface area contributed by atoms with Crippen molar-refractivity contribution in [3.8, 4) is 22.5 Å². The van der Waals surface area contributed by atoms with Crippen LogP contribution >= 0.6 is 0 Å². The van der Waals surface area contributed by atoms with Gasteiger partial charge in [-0.1, -0.05) is 38.1 Å². The molecule has 3 rings (SSSR count). The fourth-order valence-electron chi connectivity index (χ4n) is 3.68. The third kappa shape index (κ3) is 6.96. The predicted molar refractivity (Wildman–Crippen MR) is 136 cm³/mol. The van der Waals surface area contributed by atoms with Crippen molar-refractivity contribution in [2.24, 2.45) is 0 Å². The van der Waals surface area contributed by atoms with Crippen LogP contribution in [0.3, 0.4) is 0 Å². The largest absolute Gasteiger partial charge is 0.459 e. The molecule has 0 aliphatic heterocycles. The number of benzene rings is 2. The van der Waals surface area contributed by atoms with E-state index in [-0.39, 0.29) is 24.2 Å². The van der Waals surface area contributed by atoms with Crippen LogP contribution in [0.2, 0.25) is 0 Å². The number of nitrogens with zero attached hydrogens (tertiary/aromatic N) is 2. The maximum absolute atomic E-state index is 13.6. The number of hydrogen-bond acceptors (Lipinski definition) is 5. The van der Waals surface area contributed by atoms with Crippen molar-refractivity contribution in [2.45, 2.75) is 52.7 Å². The molecular formula is C28H32FN3O3. The van der Waals surface area contributed by atoms with Crippen LogP contribution in [-0.4, -0.2) is 34.0 Å². The SMILES string of the molecule is CC(C)c1nc(-c2ccc(CNCC(=O)OC(C)(C)C)cc2)c(-c2ccc(F)cc2)n1/C=C/C=O. The van der Waals surface area contributed by atoms with E-state index in [2.05, 4.69) is 5.32 Å². The molecule has 1 aromatic heterocycles. The second-order valence-corrected chi connectivity index (χ2v) is 9.56. The molecule has 0 spiro atoms. The summed E-state index contributed by atoms with van der Waals surface area (Å²) < 4.78 is 20.8. The second kappa shape index (κ2) is 11.2. The molecule has 35 heavy (non-hydrogen) atoms. The molecule has 0 saturated carbocycles. The van der Waals surface area contributed by atoms with Crippen LogP contribution in [0.15, 0.2) is 54.6 Å². The summed E-state index contributed by atoms with van der Waals surface area (Å²) in [7, 11) is 0. The summed E-state index contributed by atoms with van der Waals surface area (Å²) in [6, 6.07) is 14.1. The highest BCUT2D eigenvalue weighted by molar-refractivity contribution is 5.82. The third-order valence-corrected chi connectivity index (χ3v) is 5.13. The number of esters is 1. The van der Waals surface area contributed by atoms with Gasteiger partial charge < -0.3 is 14.6 Å². The Morgan fingerprint density at radius 2 is 1.71 bits per heavy atom. The highest BCUT2D eigenvalue weighted by atomic mass is 19.1. The quantitative estimate of drug-likeness (QED) is 0.247. The van der Waals surface area contributed by atoms with Crippen LogP contribution < -0.4 is 5.32 Å². The minimum Gasteiger partial charge on any atom is -0.459 e. The van der Waals surface area contributed by atoms with Crippen molar-refractivity contribution in [1.82, 2.24) is 14.9 Å². The predicted octanol–water partition coefficient (Wildman–Crippen LogP) is 5.58. The van der Waals surface area contributed by atoms with Gasteiger partial charge in [0.15, 0.2) is 0 Å². The zero-order valence-corrected chi connectivity index (χ0v) is 20.8. The number of halogens is 1. The molecule has 1 heterocycles. The van der Waals surface area contributed by atoms with Crippen molar-refractivity contribution in [3.05, 3.63) is 71.8 Å². The molecule has 0 amide bonds. The monoisotopic (exact) mass is 477 g/mol. The van der Waals surface area contributed by atoms with Gasteiger partial charge in [0.2, 0.25) is 0 Å². The standard InChI is InChI=1S/C28H32FN3O3/c1-19(2)27-31-25(26(32(27)15-6-16-33)22-11-13-23(29)14-12-22)21-9-7-20(8-10-21)17-30-18-24(34)35-28(3,4)5/h6-16,19,30H,17-18H2,1-5H3/b15-6+. The van der Waals surface area contributed by atoms with E-state index in [4.69, 9.17) is 9.72 Å². The smallest absolute Gasteiger partial charge is 0.320 e. The molecule has 2 aromatic carbocycles. The molecule has 0 fully saturated rings. The summed E-state index contributed by atoms with van der Waals surface area (Å²) >= 11 is 0. The summed E-state index contributed by atoms with van der Waals surface area (Å²) in [5, 5.41) is 3.11. The number of carbonyl (C=O) groups excluding carboxylic acids is 2. The normalized spacial score (nSPS) is 11.9. The first-order chi connectivity index (χ1) is 16.6. The number of carbonyl (C=O) groups is 2. The Kier molecular flexibility index (Phi) is 8.35. The fourth-order valence-corrected chi connectivity index (χ4v) is 3.68. The first kappa shape index (κ1) is 26.0. The van der Waals surface area contributed by atoms with Crippen LogP contribution in [0.25, 0.3) is 28.7 Å². The van der Waals surface area contributed by atoms with Crippen molar-refractivity contribution in [3.63, 3.8) is 0 Å². The average Bonchev–Trinajstić information content (AvgIpc) is 3.17. The molecular weight excluding hydrogens is 445 g/mol. The number of ether oxygens (including phenoxy) is 1. The zero-order valence-electron chi connectivity index (χ0n) is 20.8. The van der Waals surface area contributed by atoms with Crippen molar-refractivity contribution in [2.75, 3.05) is 6.54 Å². The summed E-state index contributed by atoms with van der Waals surface area (Å²) in [6.07, 6.45) is 3.83. The zero-order chi connectivity index (χ0) is 25.6. The van der Waals surface area contributed by atoms with Crippen LogP contribution in [0.4, 0.5) is 4.39 Å². The number of aromatic nitrogens is 2. The van der Waals surface area contributed by atoms with Crippen LogP contribution in [0, 0.1) is 5.82 Å². The summed E-state index contributed by atoms with van der Waals surface area (Å²) in [5.74, 6) is 0.265. The first-order valence-corrected chi connectivity index (χ1v) is 11.6. The first-order valence-electron chi connectivity index (χ1n) is 11.6. The van der Waals surface area contributed by atoms with E-state index in [0.29, 0.717) is 6.54 Å². The van der Waals surface area contributed by atoms with Gasteiger partial charge in [-0.3, -0.25) is 9.59 Å². The molecule has 0 unspecified atom stereocenters. The Morgan fingerprint density at radius 3 is 2.29 bits per heavy atom. The average molecular weight is 478 g/mol. The second-order valence-electron chi connectivity index (χ2n) is 9.56. The van der Waals surface area contributed by atoms with Gasteiger partial charge in [0.05, 0.1) is 17.9 Å². The fraction of sp³-hybridized carbons (Fsp3) is 0.321. The van der Waals surface area contributed by atoms with Gasteiger partial charge in [-0.25, -0.2) is 9.37 Å². The van der Waals surface area contributed by atoms with E-state index in [1.54, 1.807) is 18.3 Å². The molecule has 0 atom stereocenters. The van der Waals surface area contributed by atoms with E-state index >= 15 is 0 Å². The molecule has 6 nitrogen and oxygen atoms in total. The van der Waals surface area contributed by atoms with Crippen LogP contribution in [0.5, 0.6) is 0 Å². The van der Waals surface area contributed by atoms with Crippen molar-refractivity contribution >= 4 is 18.5 Å². The Labute approximate surface area is 205 Å². The minimum atomic E-state index is -0.512. The van der Waals surface area contributed by atoms with E-state index in [0.717, 1.165) is 40.2 Å². The van der Waals surface area contributed by atoms with Crippen molar-refractivity contribution in [1.29, 1.82) is 0 Å². The van der Waals surface area contributed by atoms with Crippen LogP contribution in [-0.2, 0) is 20.9 Å². The van der Waals surface area contributed by atoms with Gasteiger partial charge in [0, 0.05) is 29.8 Å². The molecule has 0 aliphatic carbocycles. The Hall–Kier alpha value is -3.58. The Balaban J connectivity index is 1.91. The summed E-state index contributed by atoms with van der Waals surface area (Å²) in [6.45, 7) is 10.2. The lowest BCUT2D eigenvalue weighted by atomic mass is 10.0. The molecule has 3 aromatic rings. The van der Waals surface area contributed by atoms with Gasteiger partial charge in [0.25, 0.3) is 0 Å². The van der Waals surface area contributed by atoms with E-state index in [1.807, 2.05) is 63.5 Å². The Bertz CT molecular complexity index is 1190. The van der Waals surface area contributed by atoms with Crippen molar-refractivity contribution < 1.29 is 18.7 Å². The Morgan fingerprint density at radius 1 is 1.09 bits per heavy atom. The van der Waals surface area contributed by atoms with Gasteiger partial charge in [-0.05, 0) is 56.7 Å². The third-order valence-electron chi connectivity index (χ3n) is 5.13. The molecule has 0 saturated heterocycles. The number of aldehydes is 1. The molecule has 0 radical (unpaired) electrons. The highest BCUT2D eigenvalue weighted by Crippen LogP contribution is 2.35. The summed E-state index contributed by atoms with van der Waals surface area (Å²) in [4.78, 5) is 27.9.